The second-order valence-electron chi connectivity index (χ2n) is 9.72. The Kier molecular flexibility index (Phi) is 10.2. The van der Waals surface area contributed by atoms with Crippen molar-refractivity contribution >= 4 is 40.2 Å². The maximum absolute atomic E-state index is 14.7. The van der Waals surface area contributed by atoms with Crippen LogP contribution in [0.1, 0.15) is 54.9 Å². The summed E-state index contributed by atoms with van der Waals surface area (Å²) in [5.41, 5.74) is 6.71. The van der Waals surface area contributed by atoms with Gasteiger partial charge in [0.25, 0.3) is 11.7 Å². The van der Waals surface area contributed by atoms with Crippen LogP contribution in [0.4, 0.5) is 16.0 Å². The molecule has 3 aromatic heterocycles. The first-order chi connectivity index (χ1) is 19.9. The number of carbonyl (C=O) groups excluding carboxylic acids is 3. The fourth-order valence-corrected chi connectivity index (χ4v) is 4.99. The number of aromatic amines is 1. The average molecular weight is 566 g/mol. The van der Waals surface area contributed by atoms with E-state index >= 15 is 0 Å². The molecule has 0 bridgehead atoms. The van der Waals surface area contributed by atoms with Gasteiger partial charge in [-0.25, -0.2) is 14.4 Å². The number of hydrogen-bond acceptors (Lipinski definition) is 9. The summed E-state index contributed by atoms with van der Waals surface area (Å²) in [6.07, 6.45) is 11.8. The molecule has 1 amide bonds. The number of nitrogens with one attached hydrogen (secondary N) is 2. The van der Waals surface area contributed by atoms with Gasteiger partial charge in [-0.3, -0.25) is 14.4 Å². The number of carbonyl (C=O) groups is 3. The summed E-state index contributed by atoms with van der Waals surface area (Å²) in [4.78, 5) is 52.8. The van der Waals surface area contributed by atoms with Crippen LogP contribution in [0.3, 0.4) is 0 Å². The van der Waals surface area contributed by atoms with Gasteiger partial charge in [0, 0.05) is 57.4 Å². The Morgan fingerprint density at radius 2 is 1.93 bits per heavy atom. The second kappa shape index (κ2) is 14.2. The number of hydrogen-bond donors (Lipinski definition) is 3. The summed E-state index contributed by atoms with van der Waals surface area (Å²) in [6, 6.07) is 3.98. The molecule has 0 aromatic carbocycles. The van der Waals surface area contributed by atoms with E-state index in [-0.39, 0.29) is 28.3 Å². The molecule has 1 aliphatic heterocycles. The maximum Gasteiger partial charge on any atom is 0.305 e. The zero-order valence-electron chi connectivity index (χ0n) is 23.2. The SMILES string of the molecule is CCOC(=O)CCCCCCc1cccnc1N1CCN(C(=O)C(=O)c2c[nH]c3c(N/C=C\N)ncc(F)c23)CC1. The van der Waals surface area contributed by atoms with Crippen LogP contribution in [-0.2, 0) is 20.7 Å². The fraction of sp³-hybridized carbons (Fsp3) is 0.414. The molecule has 0 unspecified atom stereocenters. The van der Waals surface area contributed by atoms with Crippen LogP contribution >= 0.6 is 0 Å². The summed E-state index contributed by atoms with van der Waals surface area (Å²) in [5.74, 6) is -1.14. The van der Waals surface area contributed by atoms with Gasteiger partial charge in [0.2, 0.25) is 0 Å². The zero-order chi connectivity index (χ0) is 29.2. The van der Waals surface area contributed by atoms with Gasteiger partial charge in [0.05, 0.1) is 29.3 Å². The Morgan fingerprint density at radius 3 is 2.68 bits per heavy atom. The number of fused-ring (bicyclic) bond motifs is 1. The highest BCUT2D eigenvalue weighted by atomic mass is 19.1. The molecule has 0 radical (unpaired) electrons. The second-order valence-corrected chi connectivity index (χ2v) is 9.72. The average Bonchev–Trinajstić information content (AvgIpc) is 3.45. The number of halogens is 1. The van der Waals surface area contributed by atoms with E-state index in [1.165, 1.54) is 23.5 Å². The van der Waals surface area contributed by atoms with Crippen molar-refractivity contribution in [2.75, 3.05) is 43.0 Å². The first kappa shape index (κ1) is 29.5. The number of esters is 1. The van der Waals surface area contributed by atoms with Gasteiger partial charge in [-0.05, 0) is 37.8 Å². The predicted octanol–water partition coefficient (Wildman–Crippen LogP) is 3.53. The lowest BCUT2D eigenvalue weighted by atomic mass is 10.1. The number of nitrogens with two attached hydrogens (primary N) is 1. The number of rotatable bonds is 13. The van der Waals surface area contributed by atoms with Crippen LogP contribution in [0.5, 0.6) is 0 Å². The summed E-state index contributed by atoms with van der Waals surface area (Å²) in [6.45, 7) is 3.95. The van der Waals surface area contributed by atoms with Gasteiger partial charge in [0.1, 0.15) is 5.82 Å². The Morgan fingerprint density at radius 1 is 1.15 bits per heavy atom. The summed E-state index contributed by atoms with van der Waals surface area (Å²) >= 11 is 0. The standard InChI is InChI=1S/C29H36FN7O4/c1-2-41-23(38)10-6-4-3-5-8-20-9-7-12-33-28(20)36-14-16-37(17-15-36)29(40)26(39)21-18-34-25-24(21)22(30)19-35-27(25)32-13-11-31/h7,9,11-13,18-19,34H,2-6,8,10,14-17,31H2,1H3,(H,32,35)/b13-11-. The summed E-state index contributed by atoms with van der Waals surface area (Å²) < 4.78 is 19.6. The third-order valence-corrected chi connectivity index (χ3v) is 7.03. The molecule has 4 rings (SSSR count). The van der Waals surface area contributed by atoms with Crippen LogP contribution < -0.4 is 16.0 Å². The molecule has 4 heterocycles. The van der Waals surface area contributed by atoms with Crippen molar-refractivity contribution in [3.63, 3.8) is 0 Å². The highest BCUT2D eigenvalue weighted by Crippen LogP contribution is 2.28. The molecule has 0 saturated carbocycles. The van der Waals surface area contributed by atoms with Crippen LogP contribution in [0.15, 0.2) is 43.1 Å². The Labute approximate surface area is 238 Å². The van der Waals surface area contributed by atoms with Gasteiger partial charge in [-0.15, -0.1) is 0 Å². The molecule has 0 spiro atoms. The number of pyridine rings is 2. The van der Waals surface area contributed by atoms with Crippen LogP contribution in [0.2, 0.25) is 0 Å². The van der Waals surface area contributed by atoms with Crippen molar-refractivity contribution in [3.8, 4) is 0 Å². The highest BCUT2D eigenvalue weighted by molar-refractivity contribution is 6.45. The molecule has 0 aliphatic carbocycles. The molecule has 3 aromatic rings. The Bertz CT molecular complexity index is 1400. The number of piperazine rings is 1. The Balaban J connectivity index is 1.33. The van der Waals surface area contributed by atoms with E-state index in [1.54, 1.807) is 6.20 Å². The van der Waals surface area contributed by atoms with Gasteiger partial charge in [-0.1, -0.05) is 18.9 Å². The number of H-pyrrole nitrogens is 1. The van der Waals surface area contributed by atoms with Gasteiger partial charge >= 0.3 is 5.97 Å². The normalized spacial score (nSPS) is 13.6. The lowest BCUT2D eigenvalue weighted by Gasteiger charge is -2.36. The van der Waals surface area contributed by atoms with E-state index < -0.39 is 17.5 Å². The van der Waals surface area contributed by atoms with E-state index in [2.05, 4.69) is 31.2 Å². The number of Topliss-reactive ketones (excluding diaryl/α,β-unsaturated/α-hetero) is 1. The molecule has 11 nitrogen and oxygen atoms in total. The number of aryl methyl sites for hydroxylation is 1. The van der Waals surface area contributed by atoms with E-state index in [4.69, 9.17) is 10.5 Å². The number of amides is 1. The molecule has 41 heavy (non-hydrogen) atoms. The van der Waals surface area contributed by atoms with Crippen molar-refractivity contribution in [1.82, 2.24) is 19.9 Å². The van der Waals surface area contributed by atoms with Crippen molar-refractivity contribution < 1.29 is 23.5 Å². The highest BCUT2D eigenvalue weighted by Gasteiger charge is 2.30. The largest absolute Gasteiger partial charge is 0.466 e. The van der Waals surface area contributed by atoms with Crippen LogP contribution in [-0.4, -0.2) is 70.3 Å². The fourth-order valence-electron chi connectivity index (χ4n) is 4.99. The van der Waals surface area contributed by atoms with Gasteiger partial charge in [-0.2, -0.15) is 0 Å². The zero-order valence-corrected chi connectivity index (χ0v) is 23.2. The molecule has 4 N–H and O–H groups in total. The monoisotopic (exact) mass is 565 g/mol. The van der Waals surface area contributed by atoms with Crippen molar-refractivity contribution in [2.24, 2.45) is 5.73 Å². The molecule has 12 heteroatoms. The molecule has 1 fully saturated rings. The first-order valence-electron chi connectivity index (χ1n) is 13.9. The molecule has 1 aliphatic rings. The lowest BCUT2D eigenvalue weighted by molar-refractivity contribution is -0.143. The van der Waals surface area contributed by atoms with Crippen molar-refractivity contribution in [2.45, 2.75) is 45.4 Å². The molecular formula is C29H36FN7O4. The topological polar surface area (TPSA) is 147 Å². The minimum absolute atomic E-state index is 0.00364. The third-order valence-electron chi connectivity index (χ3n) is 7.03. The van der Waals surface area contributed by atoms with Crippen LogP contribution in [0, 0.1) is 5.82 Å². The minimum atomic E-state index is -0.781. The number of anilines is 2. The lowest BCUT2D eigenvalue weighted by Crippen LogP contribution is -2.51. The molecule has 1 saturated heterocycles. The van der Waals surface area contributed by atoms with E-state index in [9.17, 15) is 18.8 Å². The number of ether oxygens (including phenoxy) is 1. The number of nitrogens with zero attached hydrogens (tertiary/aromatic N) is 4. The van der Waals surface area contributed by atoms with Gasteiger partial charge < -0.3 is 30.6 Å². The molecule has 0 atom stereocenters. The predicted molar refractivity (Wildman–Crippen MR) is 154 cm³/mol. The maximum atomic E-state index is 14.7. The minimum Gasteiger partial charge on any atom is -0.466 e. The summed E-state index contributed by atoms with van der Waals surface area (Å²) in [5, 5.41) is 2.82. The van der Waals surface area contributed by atoms with E-state index in [0.717, 1.165) is 49.7 Å². The number of unbranched alkanes of at least 4 members (excludes halogenated alkanes) is 3. The van der Waals surface area contributed by atoms with Crippen molar-refractivity contribution in [1.29, 1.82) is 0 Å². The van der Waals surface area contributed by atoms with E-state index in [1.807, 2.05) is 13.0 Å². The smallest absolute Gasteiger partial charge is 0.305 e. The first-order valence-corrected chi connectivity index (χ1v) is 13.9. The quantitative estimate of drug-likeness (QED) is 0.123. The van der Waals surface area contributed by atoms with E-state index in [0.29, 0.717) is 39.2 Å². The van der Waals surface area contributed by atoms with Crippen LogP contribution in [0.25, 0.3) is 10.9 Å². The number of aromatic nitrogens is 3. The Hall–Kier alpha value is -4.48. The third kappa shape index (κ3) is 7.19. The molecule has 218 valence electrons. The molecular weight excluding hydrogens is 529 g/mol. The van der Waals surface area contributed by atoms with Crippen molar-refractivity contribution in [3.05, 3.63) is 60.1 Å². The summed E-state index contributed by atoms with van der Waals surface area (Å²) in [7, 11) is 0. The van der Waals surface area contributed by atoms with Gasteiger partial charge in [0.15, 0.2) is 11.6 Å². The number of ketones is 1.